The Balaban J connectivity index is 1.12. The number of hydrogen-bond acceptors (Lipinski definition) is 4. The largest absolute Gasteiger partial charge is 0.310 e. The van der Waals surface area contributed by atoms with E-state index >= 15 is 0 Å². The Labute approximate surface area is 388 Å². The topological polar surface area (TPSA) is 54.1 Å². The summed E-state index contributed by atoms with van der Waals surface area (Å²) in [7, 11) is 0. The van der Waals surface area contributed by atoms with Gasteiger partial charge in [0.25, 0.3) is 0 Å². The summed E-state index contributed by atoms with van der Waals surface area (Å²) in [5.41, 5.74) is 16.4. The second-order valence-corrected chi connectivity index (χ2v) is 17.5. The van der Waals surface area contributed by atoms with E-state index in [0.717, 1.165) is 50.3 Å². The third-order valence-corrected chi connectivity index (χ3v) is 14.0. The van der Waals surface area contributed by atoms with Crippen LogP contribution in [0.2, 0.25) is 0 Å². The average Bonchev–Trinajstić information content (AvgIpc) is 3.86. The molecule has 0 saturated heterocycles. The van der Waals surface area contributed by atoms with Gasteiger partial charge in [-0.05, 0) is 162 Å². The molecule has 1 spiro atoms. The first-order valence-electron chi connectivity index (χ1n) is 22.6. The molecule has 4 nitrogen and oxygen atoms in total. The Morgan fingerprint density at radius 1 is 0.313 bits per heavy atom. The number of nitrogens with zero attached hydrogens (tertiary/aromatic N) is 4. The summed E-state index contributed by atoms with van der Waals surface area (Å²) in [6.45, 7) is 0. The highest BCUT2D eigenvalue weighted by Gasteiger charge is 2.52. The minimum Gasteiger partial charge on any atom is -0.310 e. The highest BCUT2D eigenvalue weighted by atomic mass is 15.1. The zero-order chi connectivity index (χ0) is 44.6. The molecule has 2 aliphatic carbocycles. The molecular formula is C63H38N4. The Bertz CT molecular complexity index is 3860. The van der Waals surface area contributed by atoms with E-state index in [0.29, 0.717) is 11.1 Å². The van der Waals surface area contributed by atoms with E-state index in [2.05, 4.69) is 228 Å². The van der Waals surface area contributed by atoms with Gasteiger partial charge in [-0.1, -0.05) is 140 Å². The lowest BCUT2D eigenvalue weighted by Crippen LogP contribution is -2.26. The first-order valence-corrected chi connectivity index (χ1v) is 22.6. The normalized spacial score (nSPS) is 12.6. The lowest BCUT2D eigenvalue weighted by atomic mass is 9.70. The summed E-state index contributed by atoms with van der Waals surface area (Å²) < 4.78 is 0. The van der Waals surface area contributed by atoms with Crippen molar-refractivity contribution in [1.82, 2.24) is 0 Å². The second-order valence-electron chi connectivity index (χ2n) is 17.5. The van der Waals surface area contributed by atoms with Crippen molar-refractivity contribution in [3.63, 3.8) is 0 Å². The van der Waals surface area contributed by atoms with Crippen LogP contribution < -0.4 is 9.80 Å². The molecular weight excluding hydrogens is 813 g/mol. The molecule has 0 aromatic heterocycles. The molecule has 0 saturated carbocycles. The molecule has 310 valence electrons. The first kappa shape index (κ1) is 38.3. The summed E-state index contributed by atoms with van der Waals surface area (Å²) in [5, 5.41) is 26.7. The van der Waals surface area contributed by atoms with Crippen molar-refractivity contribution < 1.29 is 0 Å². The Hall–Kier alpha value is -9.22. The molecule has 67 heavy (non-hydrogen) atoms. The van der Waals surface area contributed by atoms with E-state index in [1.165, 1.54) is 60.7 Å². The van der Waals surface area contributed by atoms with Gasteiger partial charge in [-0.2, -0.15) is 10.5 Å². The highest BCUT2D eigenvalue weighted by Crippen LogP contribution is 2.65. The van der Waals surface area contributed by atoms with Crippen LogP contribution in [0.25, 0.3) is 54.6 Å². The maximum Gasteiger partial charge on any atom is 0.0991 e. The molecule has 0 radical (unpaired) electrons. The van der Waals surface area contributed by atoms with Crippen LogP contribution in [0.15, 0.2) is 231 Å². The lowest BCUT2D eigenvalue weighted by Gasteiger charge is -2.34. The Kier molecular flexibility index (Phi) is 8.52. The van der Waals surface area contributed by atoms with Crippen LogP contribution in [-0.2, 0) is 5.41 Å². The maximum atomic E-state index is 9.90. The molecule has 11 aromatic rings. The fraction of sp³-hybridized carbons (Fsp3) is 0.0159. The Morgan fingerprint density at radius 2 is 0.761 bits per heavy atom. The van der Waals surface area contributed by atoms with Crippen LogP contribution in [-0.4, -0.2) is 0 Å². The van der Waals surface area contributed by atoms with Crippen LogP contribution in [0, 0.1) is 22.7 Å². The third kappa shape index (κ3) is 5.71. The minimum atomic E-state index is -0.688. The van der Waals surface area contributed by atoms with E-state index in [1.54, 1.807) is 0 Å². The second kappa shape index (κ2) is 14.9. The van der Waals surface area contributed by atoms with Gasteiger partial charge in [-0.25, -0.2) is 0 Å². The van der Waals surface area contributed by atoms with E-state index in [1.807, 2.05) is 24.3 Å². The van der Waals surface area contributed by atoms with Crippen molar-refractivity contribution in [1.29, 1.82) is 10.5 Å². The van der Waals surface area contributed by atoms with Crippen LogP contribution in [0.3, 0.4) is 0 Å². The molecule has 0 heterocycles. The predicted octanol–water partition coefficient (Wildman–Crippen LogP) is 16.2. The van der Waals surface area contributed by atoms with Gasteiger partial charge in [0, 0.05) is 33.8 Å². The molecule has 13 rings (SSSR count). The molecule has 0 unspecified atom stereocenters. The van der Waals surface area contributed by atoms with Gasteiger partial charge in [0.15, 0.2) is 0 Å². The van der Waals surface area contributed by atoms with Gasteiger partial charge in [-0.15, -0.1) is 0 Å². The van der Waals surface area contributed by atoms with Gasteiger partial charge in [-0.3, -0.25) is 0 Å². The molecule has 0 atom stereocenters. The van der Waals surface area contributed by atoms with Gasteiger partial charge < -0.3 is 9.80 Å². The van der Waals surface area contributed by atoms with Crippen molar-refractivity contribution in [2.75, 3.05) is 9.80 Å². The summed E-state index contributed by atoms with van der Waals surface area (Å²) in [6, 6.07) is 87.1. The molecule has 0 N–H and O–H groups in total. The minimum absolute atomic E-state index is 0.615. The number of fused-ring (bicyclic) bond motifs is 14. The highest BCUT2D eigenvalue weighted by molar-refractivity contribution is 6.12. The van der Waals surface area contributed by atoms with Crippen LogP contribution in [0.5, 0.6) is 0 Å². The molecule has 4 heteroatoms. The number of nitriles is 2. The van der Waals surface area contributed by atoms with Gasteiger partial charge in [0.1, 0.15) is 0 Å². The van der Waals surface area contributed by atoms with Gasteiger partial charge in [0.05, 0.1) is 34.4 Å². The number of benzene rings is 11. The van der Waals surface area contributed by atoms with Crippen molar-refractivity contribution in [2.45, 2.75) is 5.41 Å². The lowest BCUT2D eigenvalue weighted by molar-refractivity contribution is 0.794. The van der Waals surface area contributed by atoms with E-state index in [4.69, 9.17) is 0 Å². The fourth-order valence-corrected chi connectivity index (χ4v) is 11.2. The van der Waals surface area contributed by atoms with E-state index in [9.17, 15) is 10.5 Å². The summed E-state index contributed by atoms with van der Waals surface area (Å²) in [6.07, 6.45) is 0. The maximum absolute atomic E-state index is 9.90. The first-order chi connectivity index (χ1) is 33.1. The predicted molar refractivity (Wildman–Crippen MR) is 274 cm³/mol. The fourth-order valence-electron chi connectivity index (χ4n) is 11.2. The van der Waals surface area contributed by atoms with Crippen LogP contribution in [0.1, 0.15) is 33.4 Å². The number of hydrogen-bond donors (Lipinski definition) is 0. The van der Waals surface area contributed by atoms with E-state index < -0.39 is 5.41 Å². The number of anilines is 6. The molecule has 0 aliphatic heterocycles. The zero-order valence-electron chi connectivity index (χ0n) is 36.2. The quantitative estimate of drug-likeness (QED) is 0.167. The molecule has 11 aromatic carbocycles. The monoisotopic (exact) mass is 850 g/mol. The summed E-state index contributed by atoms with van der Waals surface area (Å²) >= 11 is 0. The summed E-state index contributed by atoms with van der Waals surface area (Å²) in [4.78, 5) is 4.70. The number of rotatable bonds is 6. The van der Waals surface area contributed by atoms with Crippen molar-refractivity contribution >= 4 is 66.4 Å². The molecule has 0 amide bonds. The third-order valence-electron chi connectivity index (χ3n) is 14.0. The Morgan fingerprint density at radius 3 is 1.34 bits per heavy atom. The summed E-state index contributed by atoms with van der Waals surface area (Å²) in [5.74, 6) is 0. The standard InChI is InChI=1S/C63H38N4/c64-39-41-21-27-47(28-22-41)66(49-31-25-43-11-1-3-13-45(43)35-49)51-33-34-56-59(37-51)63(57-19-9-7-15-52(57)53-16-8-10-20-58(53)63)60-38-61(54-17-5-6-18-55(54)62(56)60)67(48-29-23-42(40-65)24-30-48)50-32-26-44-12-2-4-14-46(44)36-50/h1-38H. The van der Waals surface area contributed by atoms with Crippen molar-refractivity contribution in [2.24, 2.45) is 0 Å². The molecule has 0 fully saturated rings. The average molecular weight is 851 g/mol. The smallest absolute Gasteiger partial charge is 0.0991 e. The van der Waals surface area contributed by atoms with Crippen LogP contribution >= 0.6 is 0 Å². The SMILES string of the molecule is N#Cc1ccc(N(c2ccc3c(c2)C2(c4ccccc4-c4ccccc42)c2cc(N(c4ccc(C#N)cc4)c4ccc5ccccc5c4)c4ccccc4c2-3)c2ccc3ccccc3c2)cc1. The zero-order valence-corrected chi connectivity index (χ0v) is 36.2. The van der Waals surface area contributed by atoms with Gasteiger partial charge in [0.2, 0.25) is 0 Å². The molecule has 0 bridgehead atoms. The van der Waals surface area contributed by atoms with Crippen molar-refractivity contribution in [3.8, 4) is 34.4 Å². The van der Waals surface area contributed by atoms with Crippen molar-refractivity contribution in [3.05, 3.63) is 264 Å². The van der Waals surface area contributed by atoms with Crippen LogP contribution in [0.4, 0.5) is 34.1 Å². The molecule has 2 aliphatic rings. The van der Waals surface area contributed by atoms with E-state index in [-0.39, 0.29) is 0 Å². The van der Waals surface area contributed by atoms with Gasteiger partial charge >= 0.3 is 0 Å².